The number of Topliss-reactive ketones (excluding diaryl/α,β-unsaturated/α-hetero) is 1. The first-order valence-electron chi connectivity index (χ1n) is 10.6. The Morgan fingerprint density at radius 2 is 1.82 bits per heavy atom. The molecule has 2 aromatic carbocycles. The van der Waals surface area contributed by atoms with Gasteiger partial charge in [-0.15, -0.1) is 0 Å². The zero-order valence-corrected chi connectivity index (χ0v) is 18.9. The third-order valence-electron chi connectivity index (χ3n) is 5.95. The van der Waals surface area contributed by atoms with Crippen LogP contribution < -0.4 is 4.74 Å². The van der Waals surface area contributed by atoms with Crippen LogP contribution >= 0.6 is 11.6 Å². The molecule has 2 aromatic rings. The molecule has 33 heavy (non-hydrogen) atoms. The minimum absolute atomic E-state index is 0.00723. The maximum absolute atomic E-state index is 13.1. The van der Waals surface area contributed by atoms with E-state index in [0.29, 0.717) is 37.6 Å². The summed E-state index contributed by atoms with van der Waals surface area (Å²) < 4.78 is 10.6. The number of aliphatic hydroxyl groups excluding tert-OH is 1. The Morgan fingerprint density at radius 1 is 1.12 bits per heavy atom. The van der Waals surface area contributed by atoms with Gasteiger partial charge in [0.25, 0.3) is 11.7 Å². The second-order valence-electron chi connectivity index (χ2n) is 7.88. The van der Waals surface area contributed by atoms with Gasteiger partial charge < -0.3 is 24.6 Å². The molecule has 8 nitrogen and oxygen atoms in total. The fourth-order valence-electron chi connectivity index (χ4n) is 4.16. The monoisotopic (exact) mass is 472 g/mol. The maximum Gasteiger partial charge on any atom is 0.295 e. The van der Waals surface area contributed by atoms with E-state index in [1.807, 2.05) is 0 Å². The summed E-state index contributed by atoms with van der Waals surface area (Å²) in [6.07, 6.45) is 0. The van der Waals surface area contributed by atoms with Crippen molar-refractivity contribution in [3.05, 3.63) is 64.2 Å². The maximum atomic E-state index is 13.1. The number of phenolic OH excluding ortho intramolecular Hbond substituents is 1. The third kappa shape index (κ3) is 4.68. The molecule has 0 saturated carbocycles. The van der Waals surface area contributed by atoms with Gasteiger partial charge in [-0.3, -0.25) is 14.5 Å². The van der Waals surface area contributed by atoms with Gasteiger partial charge in [0, 0.05) is 31.2 Å². The Morgan fingerprint density at radius 3 is 2.48 bits per heavy atom. The molecule has 0 radical (unpaired) electrons. The minimum atomic E-state index is -0.824. The molecule has 2 saturated heterocycles. The summed E-state index contributed by atoms with van der Waals surface area (Å²) >= 11 is 6.05. The molecule has 2 fully saturated rings. The van der Waals surface area contributed by atoms with Crippen LogP contribution in [0.4, 0.5) is 0 Å². The van der Waals surface area contributed by atoms with Gasteiger partial charge in [-0.05, 0) is 35.9 Å². The Bertz CT molecular complexity index is 1080. The van der Waals surface area contributed by atoms with E-state index in [2.05, 4.69) is 4.90 Å². The Kier molecular flexibility index (Phi) is 6.88. The summed E-state index contributed by atoms with van der Waals surface area (Å²) in [5, 5.41) is 21.7. The Labute approximate surface area is 196 Å². The van der Waals surface area contributed by atoms with Crippen molar-refractivity contribution in [1.82, 2.24) is 9.80 Å². The van der Waals surface area contributed by atoms with Gasteiger partial charge in [0.05, 0.1) is 37.5 Å². The number of carbonyl (C=O) groups is 2. The van der Waals surface area contributed by atoms with Gasteiger partial charge in [-0.1, -0.05) is 23.7 Å². The van der Waals surface area contributed by atoms with Crippen molar-refractivity contribution in [2.24, 2.45) is 0 Å². The summed E-state index contributed by atoms with van der Waals surface area (Å²) in [5.41, 5.74) is 0.539. The van der Waals surface area contributed by atoms with Crippen molar-refractivity contribution in [3.63, 3.8) is 0 Å². The van der Waals surface area contributed by atoms with Crippen LogP contribution in [0.5, 0.6) is 11.5 Å². The van der Waals surface area contributed by atoms with Crippen molar-refractivity contribution in [2.45, 2.75) is 6.04 Å². The Hall–Kier alpha value is -3.07. The molecule has 2 heterocycles. The first kappa shape index (κ1) is 23.1. The van der Waals surface area contributed by atoms with Gasteiger partial charge in [0.15, 0.2) is 0 Å². The van der Waals surface area contributed by atoms with E-state index in [1.165, 1.54) is 23.1 Å². The highest BCUT2D eigenvalue weighted by Crippen LogP contribution is 2.41. The number of methoxy groups -OCH3 is 1. The van der Waals surface area contributed by atoms with E-state index in [1.54, 1.807) is 31.4 Å². The van der Waals surface area contributed by atoms with Crippen molar-refractivity contribution in [2.75, 3.05) is 46.5 Å². The third-order valence-corrected chi connectivity index (χ3v) is 6.18. The van der Waals surface area contributed by atoms with Crippen LogP contribution in [-0.4, -0.2) is 78.2 Å². The van der Waals surface area contributed by atoms with Gasteiger partial charge in [0.2, 0.25) is 0 Å². The number of carbonyl (C=O) groups excluding carboxylic acids is 2. The molecule has 0 bridgehead atoms. The zero-order chi connectivity index (χ0) is 23.5. The highest BCUT2D eigenvalue weighted by molar-refractivity contribution is 6.46. The summed E-state index contributed by atoms with van der Waals surface area (Å²) in [5.74, 6) is -1.61. The number of amides is 1. The van der Waals surface area contributed by atoms with Gasteiger partial charge in [-0.2, -0.15) is 0 Å². The van der Waals surface area contributed by atoms with Crippen LogP contribution in [0.25, 0.3) is 5.76 Å². The van der Waals surface area contributed by atoms with Crippen LogP contribution in [0.3, 0.4) is 0 Å². The lowest BCUT2D eigenvalue weighted by Gasteiger charge is -2.31. The van der Waals surface area contributed by atoms with E-state index in [0.717, 1.165) is 13.1 Å². The smallest absolute Gasteiger partial charge is 0.295 e. The topological polar surface area (TPSA) is 99.5 Å². The number of aliphatic hydroxyl groups is 1. The molecule has 1 amide bonds. The molecule has 0 unspecified atom stereocenters. The molecule has 0 aromatic heterocycles. The van der Waals surface area contributed by atoms with Crippen LogP contribution in [0.2, 0.25) is 5.02 Å². The lowest BCUT2D eigenvalue weighted by atomic mass is 9.95. The fourth-order valence-corrected chi connectivity index (χ4v) is 4.33. The lowest BCUT2D eigenvalue weighted by Crippen LogP contribution is -2.42. The van der Waals surface area contributed by atoms with Crippen LogP contribution in [-0.2, 0) is 14.3 Å². The zero-order valence-electron chi connectivity index (χ0n) is 18.2. The number of halogens is 1. The highest BCUT2D eigenvalue weighted by Gasteiger charge is 2.46. The Balaban J connectivity index is 1.76. The van der Waals surface area contributed by atoms with Gasteiger partial charge in [0.1, 0.15) is 17.3 Å². The average molecular weight is 473 g/mol. The number of benzene rings is 2. The quantitative estimate of drug-likeness (QED) is 0.379. The van der Waals surface area contributed by atoms with Gasteiger partial charge in [-0.25, -0.2) is 0 Å². The van der Waals surface area contributed by atoms with E-state index < -0.39 is 23.5 Å². The highest BCUT2D eigenvalue weighted by atomic mass is 35.5. The molecule has 2 N–H and O–H groups in total. The summed E-state index contributed by atoms with van der Waals surface area (Å²) in [6.45, 7) is 3.58. The number of morpholine rings is 1. The predicted octanol–water partition coefficient (Wildman–Crippen LogP) is 2.81. The second-order valence-corrected chi connectivity index (χ2v) is 8.32. The first-order chi connectivity index (χ1) is 15.9. The van der Waals surface area contributed by atoms with Crippen molar-refractivity contribution in [1.29, 1.82) is 0 Å². The van der Waals surface area contributed by atoms with Crippen LogP contribution in [0.1, 0.15) is 17.2 Å². The number of hydrogen-bond acceptors (Lipinski definition) is 7. The summed E-state index contributed by atoms with van der Waals surface area (Å²) in [6, 6.07) is 10.3. The number of nitrogens with zero attached hydrogens (tertiary/aromatic N) is 2. The van der Waals surface area contributed by atoms with E-state index >= 15 is 0 Å². The standard InChI is InChI=1S/C24H25ClN2O6/c1-32-17-5-2-15(3-6-17)21-20(22(29)18-14-16(25)4-7-19(18)28)23(30)24(31)27(21)9-8-26-10-12-33-13-11-26/h2-7,14,21,28-29H,8-13H2,1H3/t21-/m1/s1. The molecule has 1 atom stereocenters. The number of aromatic hydroxyl groups is 1. The SMILES string of the molecule is COc1ccc([C@@H]2C(=C(O)c3cc(Cl)ccc3O)C(=O)C(=O)N2CCN2CCOCC2)cc1. The number of rotatable bonds is 6. The molecule has 9 heteroatoms. The average Bonchev–Trinajstić information content (AvgIpc) is 3.09. The number of likely N-dealkylation sites (tertiary alicyclic amines) is 1. The molecule has 174 valence electrons. The lowest BCUT2D eigenvalue weighted by molar-refractivity contribution is -0.140. The number of ketones is 1. The number of hydrogen-bond donors (Lipinski definition) is 2. The van der Waals surface area contributed by atoms with Crippen molar-refractivity contribution < 1.29 is 29.3 Å². The molecule has 0 spiro atoms. The second kappa shape index (κ2) is 9.82. The van der Waals surface area contributed by atoms with Crippen LogP contribution in [0, 0.1) is 0 Å². The van der Waals surface area contributed by atoms with Gasteiger partial charge >= 0.3 is 0 Å². The summed E-state index contributed by atoms with van der Waals surface area (Å²) in [7, 11) is 1.55. The summed E-state index contributed by atoms with van der Waals surface area (Å²) in [4.78, 5) is 29.8. The first-order valence-corrected chi connectivity index (χ1v) is 11.0. The molecule has 2 aliphatic heterocycles. The molecular formula is C24H25ClN2O6. The fraction of sp³-hybridized carbons (Fsp3) is 0.333. The normalized spacial score (nSPS) is 20.9. The largest absolute Gasteiger partial charge is 0.507 e. The van der Waals surface area contributed by atoms with E-state index in [9.17, 15) is 19.8 Å². The minimum Gasteiger partial charge on any atom is -0.507 e. The predicted molar refractivity (Wildman–Crippen MR) is 122 cm³/mol. The molecule has 2 aliphatic rings. The van der Waals surface area contributed by atoms with E-state index in [-0.39, 0.29) is 21.9 Å². The van der Waals surface area contributed by atoms with Crippen LogP contribution in [0.15, 0.2) is 48.0 Å². The van der Waals surface area contributed by atoms with Crippen molar-refractivity contribution in [3.8, 4) is 11.5 Å². The van der Waals surface area contributed by atoms with E-state index in [4.69, 9.17) is 21.1 Å². The van der Waals surface area contributed by atoms with Crippen molar-refractivity contribution >= 4 is 29.1 Å². The number of ether oxygens (including phenoxy) is 2. The molecule has 0 aliphatic carbocycles. The molecular weight excluding hydrogens is 448 g/mol. The number of phenols is 1. The molecule has 4 rings (SSSR count).